The Labute approximate surface area is 194 Å². The van der Waals surface area contributed by atoms with Crippen LogP contribution < -0.4 is 15.5 Å². The summed E-state index contributed by atoms with van der Waals surface area (Å²) in [4.78, 5) is 30.6. The lowest BCUT2D eigenvalue weighted by atomic mass is 9.50. The number of hydrogen-bond acceptors (Lipinski definition) is 4. The molecule has 4 fully saturated rings. The van der Waals surface area contributed by atoms with Gasteiger partial charge in [0.05, 0.1) is 16.8 Å². The quantitative estimate of drug-likeness (QED) is 0.562. The Bertz CT molecular complexity index is 1140. The molecule has 3 N–H and O–H groups in total. The van der Waals surface area contributed by atoms with Gasteiger partial charge < -0.3 is 20.6 Å². The minimum atomic E-state index is -1.15. The van der Waals surface area contributed by atoms with Gasteiger partial charge in [0, 0.05) is 36.5 Å². The fraction of sp³-hybridized carbons (Fsp3) is 0.435. The number of halogens is 3. The number of amides is 2. The minimum absolute atomic E-state index is 0.00291. The zero-order valence-corrected chi connectivity index (χ0v) is 18.7. The predicted octanol–water partition coefficient (Wildman–Crippen LogP) is 4.20. The van der Waals surface area contributed by atoms with E-state index >= 15 is 0 Å². The average Bonchev–Trinajstić information content (AvgIpc) is 3.02. The smallest absolute Gasteiger partial charge is 0.405 e. The molecule has 3 saturated carbocycles. The summed E-state index contributed by atoms with van der Waals surface area (Å²) in [6.07, 6.45) is 3.53. The van der Waals surface area contributed by atoms with Crippen molar-refractivity contribution in [2.75, 3.05) is 18.0 Å². The van der Waals surface area contributed by atoms with Crippen LogP contribution in [-0.4, -0.2) is 46.3 Å². The molecule has 2 bridgehead atoms. The number of carbonyl (C=O) groups excluding carboxylic acids is 1. The number of carboxylic acid groups (broad SMARTS) is 1. The first-order valence-corrected chi connectivity index (χ1v) is 11.2. The van der Waals surface area contributed by atoms with Crippen molar-refractivity contribution in [3.63, 3.8) is 0 Å². The standard InChI is InChI=1S/C23H23ClF2N4O3/c1-22(29-21(32)33)2-3-30(11-22)18-16(20(31)28-23-7-12(8-23)9-23)10-27-19(24)17(18)13-4-14(25)6-15(26)5-13/h4-6,10,12,29H,2-3,7-9,11H2,1H3,(H,28,31)(H,32,33). The molecule has 174 valence electrons. The van der Waals surface area contributed by atoms with E-state index in [0.717, 1.165) is 37.5 Å². The first-order chi connectivity index (χ1) is 15.6. The Hall–Kier alpha value is -2.94. The molecule has 2 heterocycles. The van der Waals surface area contributed by atoms with Gasteiger partial charge in [-0.25, -0.2) is 18.6 Å². The van der Waals surface area contributed by atoms with Crippen LogP contribution in [0.3, 0.4) is 0 Å². The molecule has 2 aromatic rings. The van der Waals surface area contributed by atoms with Crippen molar-refractivity contribution in [1.29, 1.82) is 0 Å². The van der Waals surface area contributed by atoms with Gasteiger partial charge in [-0.1, -0.05) is 11.6 Å². The molecule has 4 aliphatic rings. The zero-order valence-electron chi connectivity index (χ0n) is 17.9. The van der Waals surface area contributed by atoms with Crippen molar-refractivity contribution < 1.29 is 23.5 Å². The maximum atomic E-state index is 14.1. The van der Waals surface area contributed by atoms with E-state index in [1.54, 1.807) is 6.92 Å². The summed E-state index contributed by atoms with van der Waals surface area (Å²) in [5.74, 6) is -1.23. The summed E-state index contributed by atoms with van der Waals surface area (Å²) < 4.78 is 28.2. The van der Waals surface area contributed by atoms with Gasteiger partial charge in [-0.2, -0.15) is 0 Å². The Kier molecular flexibility index (Phi) is 5.00. The second-order valence-electron chi connectivity index (χ2n) is 9.72. The molecule has 3 aliphatic carbocycles. The number of benzene rings is 1. The summed E-state index contributed by atoms with van der Waals surface area (Å²) in [7, 11) is 0. The van der Waals surface area contributed by atoms with Crippen LogP contribution in [0.2, 0.25) is 5.15 Å². The van der Waals surface area contributed by atoms with Crippen LogP contribution in [0.4, 0.5) is 19.3 Å². The monoisotopic (exact) mass is 476 g/mol. The van der Waals surface area contributed by atoms with E-state index in [9.17, 15) is 23.5 Å². The Morgan fingerprint density at radius 2 is 1.85 bits per heavy atom. The van der Waals surface area contributed by atoms with E-state index in [0.29, 0.717) is 24.6 Å². The first kappa shape index (κ1) is 21.9. The van der Waals surface area contributed by atoms with E-state index in [1.165, 1.54) is 6.20 Å². The largest absolute Gasteiger partial charge is 0.465 e. The lowest BCUT2D eigenvalue weighted by Gasteiger charge is -2.61. The van der Waals surface area contributed by atoms with Gasteiger partial charge in [-0.15, -0.1) is 0 Å². The minimum Gasteiger partial charge on any atom is -0.465 e. The lowest BCUT2D eigenvalue weighted by Crippen LogP contribution is -2.68. The molecule has 6 rings (SSSR count). The van der Waals surface area contributed by atoms with Gasteiger partial charge in [-0.05, 0) is 56.2 Å². The molecule has 1 aromatic heterocycles. The van der Waals surface area contributed by atoms with Crippen LogP contribution in [-0.2, 0) is 0 Å². The van der Waals surface area contributed by atoms with Crippen molar-refractivity contribution in [2.45, 2.75) is 43.7 Å². The molecule has 33 heavy (non-hydrogen) atoms. The molecule has 10 heteroatoms. The molecule has 1 aliphatic heterocycles. The molecule has 1 atom stereocenters. The molecule has 7 nitrogen and oxygen atoms in total. The second-order valence-corrected chi connectivity index (χ2v) is 10.1. The van der Waals surface area contributed by atoms with Gasteiger partial charge in [-0.3, -0.25) is 4.79 Å². The Morgan fingerprint density at radius 3 is 2.42 bits per heavy atom. The number of nitrogens with zero attached hydrogens (tertiary/aromatic N) is 2. The average molecular weight is 477 g/mol. The van der Waals surface area contributed by atoms with Gasteiger partial charge in [0.15, 0.2) is 0 Å². The summed E-state index contributed by atoms with van der Waals surface area (Å²) in [6.45, 7) is 2.43. The van der Waals surface area contributed by atoms with E-state index in [-0.39, 0.29) is 39.8 Å². The van der Waals surface area contributed by atoms with Crippen LogP contribution in [0.15, 0.2) is 24.4 Å². The fourth-order valence-corrected chi connectivity index (χ4v) is 5.63. The van der Waals surface area contributed by atoms with Crippen LogP contribution in [0.5, 0.6) is 0 Å². The number of pyridine rings is 1. The summed E-state index contributed by atoms with van der Waals surface area (Å²) in [5.41, 5.74) is 0.0603. The molecule has 0 spiro atoms. The molecular weight excluding hydrogens is 454 g/mol. The third kappa shape index (κ3) is 3.88. The first-order valence-electron chi connectivity index (χ1n) is 10.8. The second kappa shape index (κ2) is 7.55. The van der Waals surface area contributed by atoms with Crippen molar-refractivity contribution in [1.82, 2.24) is 15.6 Å². The molecule has 1 saturated heterocycles. The molecule has 2 amide bonds. The highest BCUT2D eigenvalue weighted by atomic mass is 35.5. The van der Waals surface area contributed by atoms with Gasteiger partial charge >= 0.3 is 6.09 Å². The molecular formula is C23H23ClF2N4O3. The summed E-state index contributed by atoms with van der Waals surface area (Å²) in [6, 6.07) is 3.04. The topological polar surface area (TPSA) is 94.6 Å². The van der Waals surface area contributed by atoms with Gasteiger partial charge in [0.25, 0.3) is 5.91 Å². The molecule has 0 radical (unpaired) electrons. The molecule has 1 unspecified atom stereocenters. The van der Waals surface area contributed by atoms with Crippen molar-refractivity contribution in [3.05, 3.63) is 46.7 Å². The number of hydrogen-bond donors (Lipinski definition) is 3. The van der Waals surface area contributed by atoms with E-state index < -0.39 is 23.3 Å². The highest BCUT2D eigenvalue weighted by Crippen LogP contribution is 2.57. The normalized spacial score (nSPS) is 27.5. The maximum Gasteiger partial charge on any atom is 0.405 e. The zero-order chi connectivity index (χ0) is 23.5. The van der Waals surface area contributed by atoms with Crippen LogP contribution in [0.25, 0.3) is 11.1 Å². The van der Waals surface area contributed by atoms with Gasteiger partial charge in [0.2, 0.25) is 0 Å². The Morgan fingerprint density at radius 1 is 1.18 bits per heavy atom. The number of carbonyl (C=O) groups is 2. The van der Waals surface area contributed by atoms with Crippen LogP contribution >= 0.6 is 11.6 Å². The molecule has 1 aromatic carbocycles. The van der Waals surface area contributed by atoms with Crippen LogP contribution in [0.1, 0.15) is 43.0 Å². The maximum absolute atomic E-state index is 14.1. The van der Waals surface area contributed by atoms with E-state index in [2.05, 4.69) is 15.6 Å². The highest BCUT2D eigenvalue weighted by Gasteiger charge is 2.57. The summed E-state index contributed by atoms with van der Waals surface area (Å²) >= 11 is 6.43. The SMILES string of the molecule is CC1(NC(=O)O)CCN(c2c(C(=O)NC34CC(C3)C4)cnc(Cl)c2-c2cc(F)cc(F)c2)C1. The number of aromatic nitrogens is 1. The van der Waals surface area contributed by atoms with E-state index in [1.807, 2.05) is 4.90 Å². The Balaban J connectivity index is 1.60. The summed E-state index contributed by atoms with van der Waals surface area (Å²) in [5, 5.41) is 14.9. The van der Waals surface area contributed by atoms with Crippen molar-refractivity contribution in [2.24, 2.45) is 5.92 Å². The number of nitrogens with one attached hydrogen (secondary N) is 2. The lowest BCUT2D eigenvalue weighted by molar-refractivity contribution is -0.0438. The predicted molar refractivity (Wildman–Crippen MR) is 119 cm³/mol. The number of rotatable bonds is 5. The fourth-order valence-electron chi connectivity index (χ4n) is 5.38. The third-order valence-electron chi connectivity index (χ3n) is 7.02. The van der Waals surface area contributed by atoms with Gasteiger partial charge in [0.1, 0.15) is 16.8 Å². The third-order valence-corrected chi connectivity index (χ3v) is 7.30. The number of anilines is 1. The highest BCUT2D eigenvalue weighted by molar-refractivity contribution is 6.33. The van der Waals surface area contributed by atoms with Crippen molar-refractivity contribution >= 4 is 29.3 Å². The van der Waals surface area contributed by atoms with Crippen molar-refractivity contribution in [3.8, 4) is 11.1 Å². The van der Waals surface area contributed by atoms with E-state index in [4.69, 9.17) is 11.6 Å². The van der Waals surface area contributed by atoms with Crippen LogP contribution in [0, 0.1) is 17.6 Å².